The van der Waals surface area contributed by atoms with Gasteiger partial charge in [-0.15, -0.1) is 0 Å². The minimum Gasteiger partial charge on any atom is -0.486 e. The van der Waals surface area contributed by atoms with E-state index in [1.807, 2.05) is 6.07 Å². The number of methoxy groups -OCH3 is 1. The van der Waals surface area contributed by atoms with Crippen molar-refractivity contribution in [2.75, 3.05) is 31.0 Å². The van der Waals surface area contributed by atoms with Gasteiger partial charge in [-0.3, -0.25) is 9.89 Å². The van der Waals surface area contributed by atoms with Crippen molar-refractivity contribution in [1.82, 2.24) is 20.2 Å². The van der Waals surface area contributed by atoms with Gasteiger partial charge in [0.2, 0.25) is 5.95 Å². The Hall–Kier alpha value is -4.41. The Balaban J connectivity index is 1.35. The molecule has 0 unspecified atom stereocenters. The molecule has 0 saturated carbocycles. The Bertz CT molecular complexity index is 1340. The van der Waals surface area contributed by atoms with E-state index < -0.39 is 5.82 Å². The Morgan fingerprint density at radius 1 is 1.12 bits per heavy atom. The number of hydrogen-bond acceptors (Lipinski definition) is 9. The third-order valence-corrected chi connectivity index (χ3v) is 4.99. The van der Waals surface area contributed by atoms with Crippen LogP contribution in [0, 0.1) is 5.82 Å². The Morgan fingerprint density at radius 2 is 1.91 bits per heavy atom. The highest BCUT2D eigenvalue weighted by Crippen LogP contribution is 2.34. The molecular formula is C22H19FN6O4. The number of aromatic amines is 1. The Kier molecular flexibility index (Phi) is 5.35. The van der Waals surface area contributed by atoms with Gasteiger partial charge in [-0.25, -0.2) is 9.37 Å². The summed E-state index contributed by atoms with van der Waals surface area (Å²) in [5, 5.41) is 13.9. The van der Waals surface area contributed by atoms with Crippen LogP contribution in [0.3, 0.4) is 0 Å². The second-order valence-corrected chi connectivity index (χ2v) is 7.19. The number of anilines is 4. The van der Waals surface area contributed by atoms with E-state index in [4.69, 9.17) is 14.2 Å². The lowest BCUT2D eigenvalue weighted by Crippen LogP contribution is -2.15. The maximum absolute atomic E-state index is 14.4. The molecular weight excluding hydrogens is 431 g/mol. The van der Waals surface area contributed by atoms with Crippen LogP contribution >= 0.6 is 0 Å². The molecule has 5 rings (SSSR count). The van der Waals surface area contributed by atoms with Crippen molar-refractivity contribution in [1.29, 1.82) is 0 Å². The predicted octanol–water partition coefficient (Wildman–Crippen LogP) is 3.47. The van der Waals surface area contributed by atoms with E-state index in [-0.39, 0.29) is 24.2 Å². The lowest BCUT2D eigenvalue weighted by atomic mass is 10.1. The summed E-state index contributed by atoms with van der Waals surface area (Å²) in [4.78, 5) is 19.8. The molecule has 4 aromatic rings. The molecule has 11 heteroatoms. The van der Waals surface area contributed by atoms with E-state index in [1.54, 1.807) is 30.3 Å². The van der Waals surface area contributed by atoms with Crippen LogP contribution in [-0.4, -0.2) is 46.5 Å². The zero-order valence-corrected chi connectivity index (χ0v) is 17.5. The summed E-state index contributed by atoms with van der Waals surface area (Å²) in [6.07, 6.45) is 1.17. The van der Waals surface area contributed by atoms with Gasteiger partial charge in [0.15, 0.2) is 23.1 Å². The number of benzene rings is 2. The van der Waals surface area contributed by atoms with Gasteiger partial charge in [-0.2, -0.15) is 10.1 Å². The number of H-pyrrole nitrogens is 1. The fraction of sp³-hybridized carbons (Fsp3) is 0.182. The zero-order chi connectivity index (χ0) is 22.8. The number of carbonyl (C=O) groups is 1. The van der Waals surface area contributed by atoms with Crippen molar-refractivity contribution in [3.63, 3.8) is 0 Å². The van der Waals surface area contributed by atoms with Gasteiger partial charge in [0.1, 0.15) is 13.2 Å². The van der Waals surface area contributed by atoms with Gasteiger partial charge >= 0.3 is 5.97 Å². The molecule has 3 N–H and O–H groups in total. The summed E-state index contributed by atoms with van der Waals surface area (Å²) in [5.74, 6) is 0.455. The normalized spacial score (nSPS) is 12.4. The van der Waals surface area contributed by atoms with Crippen molar-refractivity contribution in [2.24, 2.45) is 0 Å². The number of esters is 1. The number of ether oxygens (including phenoxy) is 3. The summed E-state index contributed by atoms with van der Waals surface area (Å²) in [6.45, 7) is 0.947. The van der Waals surface area contributed by atoms with Gasteiger partial charge in [0.05, 0.1) is 30.9 Å². The van der Waals surface area contributed by atoms with Crippen LogP contribution in [0.5, 0.6) is 11.5 Å². The van der Waals surface area contributed by atoms with E-state index in [2.05, 4.69) is 30.8 Å². The number of nitrogens with one attached hydrogen (secondary N) is 3. The van der Waals surface area contributed by atoms with Crippen LogP contribution < -0.4 is 20.1 Å². The number of fused-ring (bicyclic) bond motifs is 2. The van der Waals surface area contributed by atoms with E-state index in [0.29, 0.717) is 47.3 Å². The molecule has 0 aliphatic carbocycles. The Labute approximate surface area is 187 Å². The largest absolute Gasteiger partial charge is 0.486 e. The molecule has 168 valence electrons. The first kappa shape index (κ1) is 20.5. The van der Waals surface area contributed by atoms with Crippen LogP contribution in [0.1, 0.15) is 5.69 Å². The van der Waals surface area contributed by atoms with E-state index in [1.165, 1.54) is 7.11 Å². The minimum absolute atomic E-state index is 0.00499. The maximum Gasteiger partial charge on any atom is 0.311 e. The predicted molar refractivity (Wildman–Crippen MR) is 118 cm³/mol. The van der Waals surface area contributed by atoms with E-state index in [0.717, 1.165) is 11.6 Å². The van der Waals surface area contributed by atoms with Crippen LogP contribution in [-0.2, 0) is 16.0 Å². The molecule has 0 atom stereocenters. The number of nitrogens with zero attached hydrogens (tertiary/aromatic N) is 3. The number of halogens is 1. The molecule has 0 amide bonds. The van der Waals surface area contributed by atoms with Crippen LogP contribution in [0.15, 0.2) is 42.6 Å². The topological polar surface area (TPSA) is 123 Å². The molecule has 0 saturated heterocycles. The first-order valence-corrected chi connectivity index (χ1v) is 10.1. The molecule has 0 bridgehead atoms. The van der Waals surface area contributed by atoms with Gasteiger partial charge in [-0.1, -0.05) is 0 Å². The summed E-state index contributed by atoms with van der Waals surface area (Å²) in [6, 6.07) is 10.6. The molecule has 2 aromatic heterocycles. The highest BCUT2D eigenvalue weighted by atomic mass is 19.1. The van der Waals surface area contributed by atoms with E-state index >= 15 is 0 Å². The fourth-order valence-electron chi connectivity index (χ4n) is 3.40. The number of carbonyl (C=O) groups excluding carboxylic acids is 1. The highest BCUT2D eigenvalue weighted by molar-refractivity contribution is 5.88. The van der Waals surface area contributed by atoms with Gasteiger partial charge < -0.3 is 24.8 Å². The summed E-state index contributed by atoms with van der Waals surface area (Å²) in [7, 11) is 1.34. The first-order chi connectivity index (χ1) is 16.1. The molecule has 2 aromatic carbocycles. The van der Waals surface area contributed by atoms with Crippen molar-refractivity contribution in [3.8, 4) is 11.5 Å². The zero-order valence-electron chi connectivity index (χ0n) is 17.5. The van der Waals surface area contributed by atoms with Crippen LogP contribution in [0.2, 0.25) is 0 Å². The molecule has 0 radical (unpaired) electrons. The Morgan fingerprint density at radius 3 is 2.76 bits per heavy atom. The third kappa shape index (κ3) is 4.33. The highest BCUT2D eigenvalue weighted by Gasteiger charge is 2.15. The molecule has 1 aliphatic heterocycles. The SMILES string of the molecule is COC(=O)Cc1[nH]nc2cc(Nc3ncc(F)c(Nc4ccc5c(c4)OCCO5)n3)ccc12. The molecule has 0 spiro atoms. The second kappa shape index (κ2) is 8.61. The van der Waals surface area contributed by atoms with Crippen molar-refractivity contribution in [3.05, 3.63) is 54.1 Å². The standard InChI is InChI=1S/C22H19FN6O4/c1-31-20(30)10-17-14-4-2-12(8-16(14)28-29-17)26-22-24-11-15(23)21(27-22)25-13-3-5-18-19(9-13)33-7-6-32-18/h2-5,8-9,11H,6-7,10H2,1H3,(H,28,29)(H2,24,25,26,27). The summed E-state index contributed by atoms with van der Waals surface area (Å²) < 4.78 is 30.1. The average molecular weight is 450 g/mol. The molecule has 10 nitrogen and oxygen atoms in total. The van der Waals surface area contributed by atoms with Gasteiger partial charge in [-0.05, 0) is 30.3 Å². The van der Waals surface area contributed by atoms with Crippen molar-refractivity contribution >= 4 is 40.0 Å². The van der Waals surface area contributed by atoms with Crippen LogP contribution in [0.25, 0.3) is 10.9 Å². The summed E-state index contributed by atoms with van der Waals surface area (Å²) in [5.41, 5.74) is 2.55. The number of rotatable bonds is 6. The third-order valence-electron chi connectivity index (χ3n) is 4.99. The van der Waals surface area contributed by atoms with Crippen molar-refractivity contribution < 1.29 is 23.4 Å². The summed E-state index contributed by atoms with van der Waals surface area (Å²) >= 11 is 0. The lowest BCUT2D eigenvalue weighted by molar-refractivity contribution is -0.139. The molecule has 0 fully saturated rings. The fourth-order valence-corrected chi connectivity index (χ4v) is 3.40. The number of hydrogen-bond donors (Lipinski definition) is 3. The number of aromatic nitrogens is 4. The second-order valence-electron chi connectivity index (χ2n) is 7.19. The van der Waals surface area contributed by atoms with Crippen LogP contribution in [0.4, 0.5) is 27.5 Å². The minimum atomic E-state index is -0.606. The van der Waals surface area contributed by atoms with Gasteiger partial charge in [0, 0.05) is 22.8 Å². The molecule has 3 heterocycles. The monoisotopic (exact) mass is 450 g/mol. The average Bonchev–Trinajstić information content (AvgIpc) is 3.23. The maximum atomic E-state index is 14.4. The smallest absolute Gasteiger partial charge is 0.311 e. The van der Waals surface area contributed by atoms with Crippen molar-refractivity contribution in [2.45, 2.75) is 6.42 Å². The molecule has 1 aliphatic rings. The molecule has 33 heavy (non-hydrogen) atoms. The lowest BCUT2D eigenvalue weighted by Gasteiger charge is -2.19. The van der Waals surface area contributed by atoms with E-state index in [9.17, 15) is 9.18 Å². The first-order valence-electron chi connectivity index (χ1n) is 10.1. The quantitative estimate of drug-likeness (QED) is 0.379. The van der Waals surface area contributed by atoms with Gasteiger partial charge in [0.25, 0.3) is 0 Å².